The smallest absolute Gasteiger partial charge is 0.230 e. The number of nitrogens with zero attached hydrogens (tertiary/aromatic N) is 2. The molecule has 2 N–H and O–H groups in total. The first-order chi connectivity index (χ1) is 16.6. The zero-order valence-electron chi connectivity index (χ0n) is 18.4. The van der Waals surface area contributed by atoms with Gasteiger partial charge in [0.05, 0.1) is 22.3 Å². The molecule has 0 fully saturated rings. The number of benzene rings is 4. The molecule has 0 aliphatic carbocycles. The second-order valence-corrected chi connectivity index (χ2v) is 8.11. The predicted molar refractivity (Wildman–Crippen MR) is 135 cm³/mol. The Morgan fingerprint density at radius 3 is 2.53 bits per heavy atom. The minimum atomic E-state index is -0.117. The van der Waals surface area contributed by atoms with Gasteiger partial charge in [-0.1, -0.05) is 42.5 Å². The van der Waals surface area contributed by atoms with Crippen LogP contribution in [0.15, 0.2) is 100 Å². The number of carbonyl (C=O) groups excluding carboxylic acids is 1. The number of hydrogen-bond acceptors (Lipinski definition) is 4. The second kappa shape index (κ2) is 8.01. The summed E-state index contributed by atoms with van der Waals surface area (Å²) in [6.07, 6.45) is 0. The summed E-state index contributed by atoms with van der Waals surface area (Å²) in [5, 5.41) is 6.01. The summed E-state index contributed by atoms with van der Waals surface area (Å²) < 4.78 is 6.35. The molecule has 1 amide bonds. The first kappa shape index (κ1) is 19.9. The molecule has 0 spiro atoms. The minimum Gasteiger partial charge on any atom is -0.438 e. The van der Waals surface area contributed by atoms with E-state index >= 15 is 0 Å². The number of rotatable bonds is 3. The van der Waals surface area contributed by atoms with Crippen LogP contribution >= 0.6 is 0 Å². The van der Waals surface area contributed by atoms with Gasteiger partial charge < -0.3 is 14.7 Å². The van der Waals surface area contributed by atoms with Gasteiger partial charge in [-0.25, -0.2) is 9.98 Å². The Labute approximate surface area is 194 Å². The van der Waals surface area contributed by atoms with Crippen molar-refractivity contribution in [1.82, 2.24) is 9.97 Å². The summed E-state index contributed by atoms with van der Waals surface area (Å²) in [5.41, 5.74) is 5.20. The lowest BCUT2D eigenvalue weighted by Crippen LogP contribution is -2.07. The molecule has 34 heavy (non-hydrogen) atoms. The van der Waals surface area contributed by atoms with Crippen molar-refractivity contribution in [2.45, 2.75) is 6.92 Å². The van der Waals surface area contributed by atoms with E-state index in [1.54, 1.807) is 0 Å². The third-order valence-electron chi connectivity index (χ3n) is 5.72. The standard InChI is InChI=1S/C28H20N4O2/c1-17(33)29-19-11-13-20(14-12-19)30-28-23(27-31-24-8-4-5-9-25(24)32-27)16-22-21-7-3-2-6-18(21)10-15-26(22)34-28/h2-16H,1H3,(H,29,33)(H,31,32). The highest BCUT2D eigenvalue weighted by Crippen LogP contribution is 2.28. The third-order valence-corrected chi connectivity index (χ3v) is 5.72. The van der Waals surface area contributed by atoms with Crippen molar-refractivity contribution in [3.63, 3.8) is 0 Å². The lowest BCUT2D eigenvalue weighted by Gasteiger charge is -2.07. The highest BCUT2D eigenvalue weighted by atomic mass is 16.3. The average molecular weight is 444 g/mol. The van der Waals surface area contributed by atoms with Crippen molar-refractivity contribution in [2.75, 3.05) is 5.32 Å². The van der Waals surface area contributed by atoms with Crippen LogP contribution in [-0.4, -0.2) is 15.9 Å². The van der Waals surface area contributed by atoms with Crippen LogP contribution in [0.25, 0.3) is 44.2 Å². The lowest BCUT2D eigenvalue weighted by atomic mass is 10.0. The number of H-pyrrole nitrogens is 1. The van der Waals surface area contributed by atoms with Crippen LogP contribution in [0.2, 0.25) is 0 Å². The second-order valence-electron chi connectivity index (χ2n) is 8.11. The molecule has 164 valence electrons. The SMILES string of the molecule is CC(=O)Nc1ccc(N=c2oc3ccc4ccccc4c3cc2-c2nc3ccccc3[nH]2)cc1. The molecule has 2 aromatic heterocycles. The number of aromatic amines is 1. The summed E-state index contributed by atoms with van der Waals surface area (Å²) in [6.45, 7) is 1.48. The molecule has 0 saturated carbocycles. The number of imidazole rings is 1. The molecule has 2 heterocycles. The van der Waals surface area contributed by atoms with Crippen molar-refractivity contribution in [2.24, 2.45) is 4.99 Å². The van der Waals surface area contributed by atoms with E-state index in [2.05, 4.69) is 28.5 Å². The third kappa shape index (κ3) is 3.61. The van der Waals surface area contributed by atoms with Crippen molar-refractivity contribution in [3.8, 4) is 11.4 Å². The fraction of sp³-hybridized carbons (Fsp3) is 0.0357. The van der Waals surface area contributed by atoms with Crippen LogP contribution in [0, 0.1) is 0 Å². The van der Waals surface area contributed by atoms with E-state index in [0.717, 1.165) is 38.3 Å². The Kier molecular flexibility index (Phi) is 4.70. The van der Waals surface area contributed by atoms with E-state index in [4.69, 9.17) is 14.4 Å². The Balaban J connectivity index is 1.60. The summed E-state index contributed by atoms with van der Waals surface area (Å²) >= 11 is 0. The number of aromatic nitrogens is 2. The van der Waals surface area contributed by atoms with Crippen LogP contribution in [0.3, 0.4) is 0 Å². The van der Waals surface area contributed by atoms with Crippen LogP contribution in [-0.2, 0) is 4.79 Å². The van der Waals surface area contributed by atoms with E-state index < -0.39 is 0 Å². The van der Waals surface area contributed by atoms with E-state index in [1.165, 1.54) is 6.92 Å². The topological polar surface area (TPSA) is 83.3 Å². The molecule has 6 aromatic rings. The maximum absolute atomic E-state index is 11.3. The van der Waals surface area contributed by atoms with E-state index in [0.29, 0.717) is 22.8 Å². The molecule has 0 atom stereocenters. The van der Waals surface area contributed by atoms with Gasteiger partial charge in [-0.3, -0.25) is 4.79 Å². The van der Waals surface area contributed by atoms with Gasteiger partial charge in [0.1, 0.15) is 11.4 Å². The Morgan fingerprint density at radius 2 is 1.71 bits per heavy atom. The number of hydrogen-bond donors (Lipinski definition) is 2. The zero-order valence-corrected chi connectivity index (χ0v) is 18.4. The highest BCUT2D eigenvalue weighted by Gasteiger charge is 2.13. The Morgan fingerprint density at radius 1 is 0.912 bits per heavy atom. The van der Waals surface area contributed by atoms with Gasteiger partial charge in [-0.05, 0) is 59.3 Å². The first-order valence-electron chi connectivity index (χ1n) is 11.0. The Hall–Kier alpha value is -4.71. The van der Waals surface area contributed by atoms with E-state index in [9.17, 15) is 4.79 Å². The summed E-state index contributed by atoms with van der Waals surface area (Å²) in [6, 6.07) is 29.6. The molecular formula is C28H20N4O2. The molecular weight excluding hydrogens is 424 g/mol. The molecule has 0 aliphatic rings. The number of amides is 1. The fourth-order valence-electron chi connectivity index (χ4n) is 4.15. The highest BCUT2D eigenvalue weighted by molar-refractivity contribution is 6.06. The number of nitrogens with one attached hydrogen (secondary N) is 2. The summed E-state index contributed by atoms with van der Waals surface area (Å²) in [7, 11) is 0. The van der Waals surface area contributed by atoms with Gasteiger partial charge in [0, 0.05) is 18.0 Å². The fourth-order valence-corrected chi connectivity index (χ4v) is 4.15. The van der Waals surface area contributed by atoms with Gasteiger partial charge in [-0.15, -0.1) is 0 Å². The van der Waals surface area contributed by atoms with Crippen molar-refractivity contribution in [1.29, 1.82) is 0 Å². The van der Waals surface area contributed by atoms with Crippen molar-refractivity contribution in [3.05, 3.63) is 96.5 Å². The maximum atomic E-state index is 11.3. The molecule has 0 aliphatic heterocycles. The first-order valence-corrected chi connectivity index (χ1v) is 11.0. The van der Waals surface area contributed by atoms with Gasteiger partial charge in [-0.2, -0.15) is 0 Å². The number of para-hydroxylation sites is 2. The van der Waals surface area contributed by atoms with Gasteiger partial charge in [0.25, 0.3) is 0 Å². The van der Waals surface area contributed by atoms with Crippen LogP contribution in [0.4, 0.5) is 11.4 Å². The van der Waals surface area contributed by atoms with Gasteiger partial charge in [0.15, 0.2) is 0 Å². The molecule has 0 bridgehead atoms. The average Bonchev–Trinajstić information content (AvgIpc) is 3.28. The van der Waals surface area contributed by atoms with Crippen LogP contribution < -0.4 is 10.9 Å². The summed E-state index contributed by atoms with van der Waals surface area (Å²) in [4.78, 5) is 24.3. The van der Waals surface area contributed by atoms with Crippen LogP contribution in [0.5, 0.6) is 0 Å². The molecule has 6 heteroatoms. The Bertz CT molecular complexity index is 1730. The lowest BCUT2D eigenvalue weighted by molar-refractivity contribution is -0.114. The number of carbonyl (C=O) groups is 1. The molecule has 6 nitrogen and oxygen atoms in total. The number of anilines is 1. The monoisotopic (exact) mass is 444 g/mol. The molecule has 0 unspecified atom stereocenters. The van der Waals surface area contributed by atoms with E-state index in [1.807, 2.05) is 72.8 Å². The van der Waals surface area contributed by atoms with E-state index in [-0.39, 0.29) is 5.91 Å². The van der Waals surface area contributed by atoms with Crippen molar-refractivity contribution >= 4 is 50.1 Å². The molecule has 0 radical (unpaired) electrons. The zero-order chi connectivity index (χ0) is 23.1. The van der Waals surface area contributed by atoms with Crippen LogP contribution in [0.1, 0.15) is 6.92 Å². The largest absolute Gasteiger partial charge is 0.438 e. The maximum Gasteiger partial charge on any atom is 0.230 e. The van der Waals surface area contributed by atoms with Gasteiger partial charge in [0.2, 0.25) is 11.5 Å². The molecule has 4 aromatic carbocycles. The molecule has 6 rings (SSSR count). The van der Waals surface area contributed by atoms with Crippen molar-refractivity contribution < 1.29 is 9.21 Å². The quantitative estimate of drug-likeness (QED) is 0.313. The predicted octanol–water partition coefficient (Wildman–Crippen LogP) is 6.32. The molecule has 0 saturated heterocycles. The number of fused-ring (bicyclic) bond motifs is 4. The summed E-state index contributed by atoms with van der Waals surface area (Å²) in [5.74, 6) is 0.571. The van der Waals surface area contributed by atoms with Gasteiger partial charge >= 0.3 is 0 Å². The normalized spacial score (nSPS) is 12.0. The minimum absolute atomic E-state index is 0.117.